The van der Waals surface area contributed by atoms with Gasteiger partial charge in [0, 0.05) is 0 Å². The molecule has 0 saturated carbocycles. The van der Waals surface area contributed by atoms with Crippen molar-refractivity contribution >= 4 is 39.3 Å². The summed E-state index contributed by atoms with van der Waals surface area (Å²) in [5, 5.41) is 0. The number of hydrogen-bond acceptors (Lipinski definition) is 5. The number of hydrogen-bond donors (Lipinski definition) is 0. The first-order chi connectivity index (χ1) is 8.69. The van der Waals surface area contributed by atoms with E-state index in [1.54, 1.807) is 11.3 Å². The molecule has 0 radical (unpaired) electrons. The quantitative estimate of drug-likeness (QED) is 0.618. The molecule has 2 rings (SSSR count). The summed E-state index contributed by atoms with van der Waals surface area (Å²) >= 11 is 3.05. The van der Waals surface area contributed by atoms with Crippen molar-refractivity contribution in [2.45, 2.75) is 30.7 Å². The predicted molar refractivity (Wildman–Crippen MR) is 76.2 cm³/mol. The van der Waals surface area contributed by atoms with Crippen molar-refractivity contribution in [3.8, 4) is 0 Å². The predicted octanol–water partition coefficient (Wildman–Crippen LogP) is 3.73. The van der Waals surface area contributed by atoms with E-state index in [1.807, 2.05) is 38.1 Å². The number of ether oxygens (including phenoxy) is 1. The molecule has 2 aromatic rings. The highest BCUT2D eigenvalue weighted by molar-refractivity contribution is 8.01. The van der Waals surface area contributed by atoms with Crippen LogP contribution in [-0.4, -0.2) is 22.8 Å². The highest BCUT2D eigenvalue weighted by atomic mass is 32.2. The van der Waals surface area contributed by atoms with E-state index < -0.39 is 0 Å². The Bertz CT molecular complexity index is 506. The molecule has 0 spiro atoms. The number of rotatable bonds is 5. The molecule has 3 nitrogen and oxygen atoms in total. The number of nitrogens with zero attached hydrogens (tertiary/aromatic N) is 1. The molecule has 0 N–H and O–H groups in total. The Kier molecular flexibility index (Phi) is 4.60. The van der Waals surface area contributed by atoms with Crippen molar-refractivity contribution in [2.24, 2.45) is 0 Å². The molecule has 0 bridgehead atoms. The van der Waals surface area contributed by atoms with E-state index in [0.29, 0.717) is 5.75 Å². The molecular formula is C13H15NO2S2. The van der Waals surface area contributed by atoms with E-state index in [-0.39, 0.29) is 12.1 Å². The van der Waals surface area contributed by atoms with Gasteiger partial charge in [0.05, 0.1) is 22.1 Å². The number of esters is 1. The second kappa shape index (κ2) is 6.20. The normalized spacial score (nSPS) is 12.6. The van der Waals surface area contributed by atoms with E-state index in [0.717, 1.165) is 21.0 Å². The number of carbonyl (C=O) groups excluding carboxylic acids is 1. The average Bonchev–Trinajstić information content (AvgIpc) is 2.79. The average molecular weight is 281 g/mol. The fraction of sp³-hybridized carbons (Fsp3) is 0.385. The van der Waals surface area contributed by atoms with Crippen molar-refractivity contribution in [3.05, 3.63) is 24.3 Å². The monoisotopic (exact) mass is 281 g/mol. The van der Waals surface area contributed by atoms with Crippen LogP contribution >= 0.6 is 23.1 Å². The lowest BCUT2D eigenvalue weighted by atomic mass is 10.3. The van der Waals surface area contributed by atoms with Gasteiger partial charge in [0.2, 0.25) is 0 Å². The third kappa shape index (κ3) is 3.46. The van der Waals surface area contributed by atoms with E-state index in [9.17, 15) is 4.79 Å². The summed E-state index contributed by atoms with van der Waals surface area (Å²) in [6.45, 7) is 3.90. The van der Waals surface area contributed by atoms with Gasteiger partial charge in [-0.1, -0.05) is 30.8 Å². The van der Waals surface area contributed by atoms with Gasteiger partial charge in [0.25, 0.3) is 0 Å². The first kappa shape index (κ1) is 13.4. The second-order valence-electron chi connectivity index (χ2n) is 3.94. The number of aromatic nitrogens is 1. The van der Waals surface area contributed by atoms with Crippen LogP contribution in [0.15, 0.2) is 28.6 Å². The zero-order valence-corrected chi connectivity index (χ0v) is 12.0. The maximum absolute atomic E-state index is 11.5. The summed E-state index contributed by atoms with van der Waals surface area (Å²) in [6.07, 6.45) is 0.839. The summed E-state index contributed by atoms with van der Waals surface area (Å²) in [5.41, 5.74) is 0.986. The molecule has 18 heavy (non-hydrogen) atoms. The lowest BCUT2D eigenvalue weighted by Crippen LogP contribution is -2.15. The van der Waals surface area contributed by atoms with Crippen LogP contribution in [0.2, 0.25) is 0 Å². The van der Waals surface area contributed by atoms with Crippen molar-refractivity contribution in [3.63, 3.8) is 0 Å². The van der Waals surface area contributed by atoms with Gasteiger partial charge in [-0.05, 0) is 25.5 Å². The highest BCUT2D eigenvalue weighted by Crippen LogP contribution is 2.29. The number of thioether (sulfide) groups is 1. The standard InChI is InChI=1S/C13H15NO2S2/c1-3-9(2)16-12(15)8-17-13-14-10-6-4-5-7-11(10)18-13/h4-7,9H,3,8H2,1-2H3. The topological polar surface area (TPSA) is 39.2 Å². The van der Waals surface area contributed by atoms with Crippen LogP contribution in [0.3, 0.4) is 0 Å². The maximum Gasteiger partial charge on any atom is 0.316 e. The molecule has 0 saturated heterocycles. The van der Waals surface area contributed by atoms with E-state index >= 15 is 0 Å². The molecule has 1 atom stereocenters. The Morgan fingerprint density at radius 1 is 1.50 bits per heavy atom. The van der Waals surface area contributed by atoms with Gasteiger partial charge < -0.3 is 4.74 Å². The van der Waals surface area contributed by atoms with Gasteiger partial charge in [-0.2, -0.15) is 0 Å². The number of benzene rings is 1. The van der Waals surface area contributed by atoms with Crippen LogP contribution in [0, 0.1) is 0 Å². The van der Waals surface area contributed by atoms with Gasteiger partial charge in [0.1, 0.15) is 0 Å². The van der Waals surface area contributed by atoms with Crippen LogP contribution in [0.4, 0.5) is 0 Å². The molecule has 96 valence electrons. The molecule has 1 unspecified atom stereocenters. The molecule has 1 aromatic carbocycles. The van der Waals surface area contributed by atoms with Crippen molar-refractivity contribution in [2.75, 3.05) is 5.75 Å². The van der Waals surface area contributed by atoms with Gasteiger partial charge in [-0.25, -0.2) is 4.98 Å². The Morgan fingerprint density at radius 2 is 2.28 bits per heavy atom. The summed E-state index contributed by atoms with van der Waals surface area (Å²) < 4.78 is 7.27. The fourth-order valence-electron chi connectivity index (χ4n) is 1.38. The summed E-state index contributed by atoms with van der Waals surface area (Å²) in [4.78, 5) is 16.0. The number of fused-ring (bicyclic) bond motifs is 1. The highest BCUT2D eigenvalue weighted by Gasteiger charge is 2.10. The Morgan fingerprint density at radius 3 is 3.00 bits per heavy atom. The lowest BCUT2D eigenvalue weighted by Gasteiger charge is -2.09. The minimum Gasteiger partial charge on any atom is -0.462 e. The molecule has 0 aliphatic rings. The van der Waals surface area contributed by atoms with Gasteiger partial charge in [-0.15, -0.1) is 11.3 Å². The number of thiazole rings is 1. The minimum atomic E-state index is -0.173. The third-order valence-corrected chi connectivity index (χ3v) is 4.65. The fourth-order valence-corrected chi connectivity index (χ4v) is 3.23. The lowest BCUT2D eigenvalue weighted by molar-refractivity contribution is -0.144. The number of para-hydroxylation sites is 1. The summed E-state index contributed by atoms with van der Waals surface area (Å²) in [6, 6.07) is 7.97. The Labute approximate surface area is 115 Å². The van der Waals surface area contributed by atoms with Gasteiger partial charge in [-0.3, -0.25) is 4.79 Å². The van der Waals surface area contributed by atoms with E-state index in [1.165, 1.54) is 11.8 Å². The second-order valence-corrected chi connectivity index (χ2v) is 6.20. The van der Waals surface area contributed by atoms with Crippen LogP contribution in [0.1, 0.15) is 20.3 Å². The van der Waals surface area contributed by atoms with Crippen LogP contribution in [-0.2, 0) is 9.53 Å². The van der Waals surface area contributed by atoms with E-state index in [2.05, 4.69) is 4.98 Å². The molecular weight excluding hydrogens is 266 g/mol. The Balaban J connectivity index is 1.92. The molecule has 1 heterocycles. The van der Waals surface area contributed by atoms with Gasteiger partial charge in [0.15, 0.2) is 4.34 Å². The maximum atomic E-state index is 11.5. The van der Waals surface area contributed by atoms with Crippen molar-refractivity contribution < 1.29 is 9.53 Å². The number of carbonyl (C=O) groups is 1. The van der Waals surface area contributed by atoms with Crippen molar-refractivity contribution in [1.82, 2.24) is 4.98 Å². The summed E-state index contributed by atoms with van der Waals surface area (Å²) in [5.74, 6) is 0.151. The van der Waals surface area contributed by atoms with E-state index in [4.69, 9.17) is 4.74 Å². The molecule has 0 amide bonds. The first-order valence-electron chi connectivity index (χ1n) is 5.87. The molecule has 0 fully saturated rings. The van der Waals surface area contributed by atoms with Crippen LogP contribution in [0.25, 0.3) is 10.2 Å². The zero-order valence-electron chi connectivity index (χ0n) is 10.4. The zero-order chi connectivity index (χ0) is 13.0. The van der Waals surface area contributed by atoms with Gasteiger partial charge >= 0.3 is 5.97 Å². The van der Waals surface area contributed by atoms with Crippen LogP contribution in [0.5, 0.6) is 0 Å². The SMILES string of the molecule is CCC(C)OC(=O)CSc1nc2ccccc2s1. The minimum absolute atomic E-state index is 0.00605. The largest absolute Gasteiger partial charge is 0.462 e. The molecule has 5 heteroatoms. The molecule has 0 aliphatic heterocycles. The smallest absolute Gasteiger partial charge is 0.316 e. The molecule has 1 aromatic heterocycles. The van der Waals surface area contributed by atoms with Crippen molar-refractivity contribution in [1.29, 1.82) is 0 Å². The third-order valence-electron chi connectivity index (χ3n) is 2.50. The summed E-state index contributed by atoms with van der Waals surface area (Å²) in [7, 11) is 0. The molecule has 0 aliphatic carbocycles. The Hall–Kier alpha value is -1.07. The van der Waals surface area contributed by atoms with Crippen LogP contribution < -0.4 is 0 Å². The first-order valence-corrected chi connectivity index (χ1v) is 7.67.